The van der Waals surface area contributed by atoms with Crippen LogP contribution in [0.1, 0.15) is 25.3 Å². The molecule has 0 aliphatic heterocycles. The first-order valence-electron chi connectivity index (χ1n) is 7.75. The van der Waals surface area contributed by atoms with Crippen LogP contribution in [-0.2, 0) is 0 Å². The quantitative estimate of drug-likeness (QED) is 0.380. The van der Waals surface area contributed by atoms with E-state index in [1.165, 1.54) is 36.9 Å². The summed E-state index contributed by atoms with van der Waals surface area (Å²) >= 11 is 1.93. The molecule has 0 aliphatic carbocycles. The van der Waals surface area contributed by atoms with Crippen molar-refractivity contribution < 1.29 is 0 Å². The largest absolute Gasteiger partial charge is 0.135 e. The minimum atomic E-state index is 0.542. The molecule has 4 aromatic rings. The zero-order chi connectivity index (χ0) is 15.1. The highest BCUT2D eigenvalue weighted by Crippen LogP contribution is 2.43. The Kier molecular flexibility index (Phi) is 3.24. The molecule has 0 N–H and O–H groups in total. The van der Waals surface area contributed by atoms with Gasteiger partial charge in [0.05, 0.1) is 0 Å². The number of thiophene rings is 1. The van der Waals surface area contributed by atoms with Gasteiger partial charge in [0, 0.05) is 20.2 Å². The van der Waals surface area contributed by atoms with Crippen molar-refractivity contribution in [3.05, 3.63) is 72.3 Å². The van der Waals surface area contributed by atoms with E-state index in [0.717, 1.165) is 0 Å². The van der Waals surface area contributed by atoms with Crippen LogP contribution in [0.3, 0.4) is 0 Å². The Morgan fingerprint density at radius 2 is 1.50 bits per heavy atom. The smallest absolute Gasteiger partial charge is 0.0396 e. The molecule has 0 amide bonds. The Morgan fingerprint density at radius 1 is 0.773 bits per heavy atom. The molecule has 1 heterocycles. The summed E-state index contributed by atoms with van der Waals surface area (Å²) in [5.41, 5.74) is 4.10. The van der Waals surface area contributed by atoms with E-state index in [9.17, 15) is 0 Å². The predicted octanol–water partition coefficient (Wildman–Crippen LogP) is 6.84. The van der Waals surface area contributed by atoms with E-state index in [1.807, 2.05) is 11.3 Å². The van der Waals surface area contributed by atoms with Gasteiger partial charge in [-0.3, -0.25) is 0 Å². The number of hydrogen-bond donors (Lipinski definition) is 0. The van der Waals surface area contributed by atoms with Crippen molar-refractivity contribution in [2.24, 2.45) is 0 Å². The third-order valence-electron chi connectivity index (χ3n) is 4.26. The normalized spacial score (nSPS) is 11.6. The highest BCUT2D eigenvalue weighted by molar-refractivity contribution is 7.26. The maximum atomic E-state index is 2.31. The van der Waals surface area contributed by atoms with Crippen LogP contribution in [0.25, 0.3) is 31.3 Å². The molecule has 3 aromatic carbocycles. The summed E-state index contributed by atoms with van der Waals surface area (Å²) < 4.78 is 2.82. The van der Waals surface area contributed by atoms with Crippen LogP contribution in [0.2, 0.25) is 0 Å². The van der Waals surface area contributed by atoms with Gasteiger partial charge in [-0.15, -0.1) is 11.3 Å². The summed E-state index contributed by atoms with van der Waals surface area (Å²) in [6.07, 6.45) is 0. The lowest BCUT2D eigenvalue weighted by Crippen LogP contribution is -1.89. The number of rotatable bonds is 2. The number of hydrogen-bond acceptors (Lipinski definition) is 1. The molecule has 0 bridgehead atoms. The Morgan fingerprint density at radius 3 is 2.27 bits per heavy atom. The summed E-state index contributed by atoms with van der Waals surface area (Å²) in [5.74, 6) is 0.542. The molecule has 108 valence electrons. The maximum absolute atomic E-state index is 2.31. The van der Waals surface area contributed by atoms with E-state index in [-0.39, 0.29) is 0 Å². The average molecular weight is 302 g/mol. The molecule has 22 heavy (non-hydrogen) atoms. The molecule has 0 spiro atoms. The predicted molar refractivity (Wildman–Crippen MR) is 98.9 cm³/mol. The van der Waals surface area contributed by atoms with Crippen molar-refractivity contribution in [1.29, 1.82) is 0 Å². The minimum Gasteiger partial charge on any atom is -0.135 e. The van der Waals surface area contributed by atoms with Crippen LogP contribution in [0.4, 0.5) is 0 Å². The molecule has 0 saturated carbocycles. The molecule has 0 nitrogen and oxygen atoms in total. The lowest BCUT2D eigenvalue weighted by molar-refractivity contribution is 0.878. The van der Waals surface area contributed by atoms with Crippen LogP contribution >= 0.6 is 11.3 Å². The fraction of sp³-hybridized carbons (Fsp3) is 0.143. The molecule has 4 rings (SSSR count). The molecule has 1 heteroatoms. The molecule has 0 radical (unpaired) electrons. The van der Waals surface area contributed by atoms with Crippen molar-refractivity contribution in [3.8, 4) is 11.1 Å². The first-order chi connectivity index (χ1) is 10.8. The van der Waals surface area contributed by atoms with Crippen LogP contribution < -0.4 is 0 Å². The van der Waals surface area contributed by atoms with Crippen LogP contribution in [0, 0.1) is 0 Å². The monoisotopic (exact) mass is 302 g/mol. The van der Waals surface area contributed by atoms with Crippen molar-refractivity contribution in [2.45, 2.75) is 19.8 Å². The van der Waals surface area contributed by atoms with E-state index in [2.05, 4.69) is 80.6 Å². The fourth-order valence-electron chi connectivity index (χ4n) is 3.16. The van der Waals surface area contributed by atoms with Gasteiger partial charge in [-0.05, 0) is 28.7 Å². The van der Waals surface area contributed by atoms with Gasteiger partial charge in [0.2, 0.25) is 0 Å². The number of fused-ring (bicyclic) bond motifs is 3. The lowest BCUT2D eigenvalue weighted by atomic mass is 9.94. The van der Waals surface area contributed by atoms with Gasteiger partial charge >= 0.3 is 0 Å². The second-order valence-electron chi connectivity index (χ2n) is 6.03. The van der Waals surface area contributed by atoms with Crippen molar-refractivity contribution in [3.63, 3.8) is 0 Å². The zero-order valence-corrected chi connectivity index (χ0v) is 13.7. The summed E-state index contributed by atoms with van der Waals surface area (Å²) in [5, 5.41) is 2.79. The Labute approximate surface area is 135 Å². The molecule has 1 aromatic heterocycles. The minimum absolute atomic E-state index is 0.542. The topological polar surface area (TPSA) is 0 Å². The Hall–Kier alpha value is -2.12. The number of benzene rings is 3. The third-order valence-corrected chi connectivity index (χ3v) is 5.48. The molecule has 0 saturated heterocycles. The van der Waals surface area contributed by atoms with Crippen molar-refractivity contribution >= 4 is 31.5 Å². The zero-order valence-electron chi connectivity index (χ0n) is 12.8. The van der Waals surface area contributed by atoms with Gasteiger partial charge in [0.25, 0.3) is 0 Å². The average Bonchev–Trinajstić information content (AvgIpc) is 2.94. The van der Waals surface area contributed by atoms with Crippen molar-refractivity contribution in [2.75, 3.05) is 0 Å². The van der Waals surface area contributed by atoms with Gasteiger partial charge in [0.1, 0.15) is 0 Å². The van der Waals surface area contributed by atoms with E-state index in [1.54, 1.807) is 0 Å². The van der Waals surface area contributed by atoms with Crippen LogP contribution in [0.15, 0.2) is 66.7 Å². The van der Waals surface area contributed by atoms with Crippen LogP contribution in [0.5, 0.6) is 0 Å². The SMILES string of the molecule is CC(C)c1ccc(-c2ccccc2)c2c1sc1ccccc12. The first-order valence-corrected chi connectivity index (χ1v) is 8.57. The Bertz CT molecular complexity index is 946. The summed E-state index contributed by atoms with van der Waals surface area (Å²) in [6, 6.07) is 24.1. The van der Waals surface area contributed by atoms with Gasteiger partial charge in [-0.25, -0.2) is 0 Å². The second kappa shape index (κ2) is 5.26. The van der Waals surface area contributed by atoms with Gasteiger partial charge < -0.3 is 0 Å². The second-order valence-corrected chi connectivity index (χ2v) is 7.08. The van der Waals surface area contributed by atoms with Crippen molar-refractivity contribution in [1.82, 2.24) is 0 Å². The molecule has 0 aliphatic rings. The van der Waals surface area contributed by atoms with Gasteiger partial charge in [-0.2, -0.15) is 0 Å². The maximum Gasteiger partial charge on any atom is 0.0396 e. The summed E-state index contributed by atoms with van der Waals surface area (Å²) in [6.45, 7) is 4.56. The summed E-state index contributed by atoms with van der Waals surface area (Å²) in [4.78, 5) is 0. The third kappa shape index (κ3) is 2.05. The highest BCUT2D eigenvalue weighted by Gasteiger charge is 2.15. The first kappa shape index (κ1) is 13.5. The van der Waals surface area contributed by atoms with E-state index in [0.29, 0.717) is 5.92 Å². The van der Waals surface area contributed by atoms with E-state index in [4.69, 9.17) is 0 Å². The summed E-state index contributed by atoms with van der Waals surface area (Å²) in [7, 11) is 0. The van der Waals surface area contributed by atoms with Gasteiger partial charge in [-0.1, -0.05) is 74.5 Å². The fourth-order valence-corrected chi connectivity index (χ4v) is 4.55. The van der Waals surface area contributed by atoms with Gasteiger partial charge in [0.15, 0.2) is 0 Å². The lowest BCUT2D eigenvalue weighted by Gasteiger charge is -2.11. The molecule has 0 fully saturated rings. The molecular formula is C21H18S. The van der Waals surface area contributed by atoms with E-state index < -0.39 is 0 Å². The molecule has 0 unspecified atom stereocenters. The van der Waals surface area contributed by atoms with Crippen LogP contribution in [-0.4, -0.2) is 0 Å². The standard InChI is InChI=1S/C21H18S/c1-14(2)16-12-13-17(15-8-4-3-5-9-15)20-18-10-6-7-11-19(18)22-21(16)20/h3-14H,1-2H3. The highest BCUT2D eigenvalue weighted by atomic mass is 32.1. The van der Waals surface area contributed by atoms with E-state index >= 15 is 0 Å². The molecule has 0 atom stereocenters. The molecular weight excluding hydrogens is 284 g/mol. The Balaban J connectivity index is 2.17.